The van der Waals surface area contributed by atoms with Crippen molar-refractivity contribution in [2.75, 3.05) is 9.80 Å². The van der Waals surface area contributed by atoms with Gasteiger partial charge in [0.15, 0.2) is 0 Å². The summed E-state index contributed by atoms with van der Waals surface area (Å²) in [6.07, 6.45) is 0. The lowest BCUT2D eigenvalue weighted by atomic mass is 9.92. The third-order valence-corrected chi connectivity index (χ3v) is 23.7. The summed E-state index contributed by atoms with van der Waals surface area (Å²) >= 11 is 0. The van der Waals surface area contributed by atoms with Crippen LogP contribution in [-0.2, 0) is 0 Å². The lowest BCUT2D eigenvalue weighted by Gasteiger charge is -2.36. The Bertz CT molecular complexity index is 4200. The van der Waals surface area contributed by atoms with E-state index in [1.54, 1.807) is 0 Å². The van der Waals surface area contributed by atoms with E-state index in [2.05, 4.69) is 281 Å². The van der Waals surface area contributed by atoms with E-state index in [0.29, 0.717) is 0 Å². The van der Waals surface area contributed by atoms with Crippen LogP contribution in [0.1, 0.15) is 0 Å². The largest absolute Gasteiger partial charge is 0.310 e. The van der Waals surface area contributed by atoms with Crippen LogP contribution in [0.3, 0.4) is 0 Å². The molecule has 5 heteroatoms. The fraction of sp³-hybridized carbons (Fsp3) is 0.118. The maximum atomic E-state index is 2.57. The zero-order chi connectivity index (χ0) is 50.0. The van der Waals surface area contributed by atoms with Gasteiger partial charge in [0.05, 0.1) is 16.1 Å². The molecule has 73 heavy (non-hydrogen) atoms. The molecule has 0 spiro atoms. The Morgan fingerprint density at radius 2 is 0.671 bits per heavy atom. The van der Waals surface area contributed by atoms with Gasteiger partial charge in [0.25, 0.3) is 0 Å². The van der Waals surface area contributed by atoms with E-state index in [-0.39, 0.29) is 0 Å². The Kier molecular flexibility index (Phi) is 10.4. The van der Waals surface area contributed by atoms with Crippen molar-refractivity contribution >= 4 is 144 Å². The van der Waals surface area contributed by atoms with E-state index in [0.717, 1.165) is 11.4 Å². The number of fused-ring (bicyclic) bond motifs is 10. The van der Waals surface area contributed by atoms with Crippen LogP contribution in [0.15, 0.2) is 218 Å². The average molecular weight is 989 g/mol. The van der Waals surface area contributed by atoms with Crippen LogP contribution < -0.4 is 30.5 Å². The van der Waals surface area contributed by atoms with Crippen LogP contribution in [0.5, 0.6) is 0 Å². The number of hydrogen-bond donors (Lipinski definition) is 0. The highest BCUT2D eigenvalue weighted by Crippen LogP contribution is 2.45. The number of hydrogen-bond acceptors (Lipinski definition) is 2. The van der Waals surface area contributed by atoms with Crippen LogP contribution >= 0.6 is 0 Å². The molecule has 0 fully saturated rings. The molecule has 1 heterocycles. The zero-order valence-corrected chi connectivity index (χ0v) is 46.2. The summed E-state index contributed by atoms with van der Waals surface area (Å²) in [5.41, 5.74) is 9.72. The van der Waals surface area contributed by atoms with Gasteiger partial charge in [-0.05, 0) is 165 Å². The quantitative estimate of drug-likeness (QED) is 0.111. The molecule has 354 valence electrons. The van der Waals surface area contributed by atoms with E-state index in [9.17, 15) is 0 Å². The summed E-state index contributed by atoms with van der Waals surface area (Å²) in [6, 6.07) is 83.7. The Balaban J connectivity index is 0.974. The van der Waals surface area contributed by atoms with Gasteiger partial charge < -0.3 is 9.80 Å². The summed E-state index contributed by atoms with van der Waals surface area (Å²) in [4.78, 5) is 4.97. The maximum Gasteiger partial charge on any atom is 0.113 e. The summed E-state index contributed by atoms with van der Waals surface area (Å²) in [5, 5.41) is 21.3. The van der Waals surface area contributed by atoms with Gasteiger partial charge in [0.1, 0.15) is 8.07 Å². The van der Waals surface area contributed by atoms with Crippen molar-refractivity contribution in [3.8, 4) is 11.1 Å². The van der Waals surface area contributed by atoms with Crippen LogP contribution in [0.2, 0.25) is 52.4 Å². The topological polar surface area (TPSA) is 6.48 Å². The molecule has 0 aliphatic carbocycles. The minimum Gasteiger partial charge on any atom is -0.310 e. The molecule has 0 amide bonds. The van der Waals surface area contributed by atoms with Gasteiger partial charge in [-0.1, -0.05) is 202 Å². The van der Waals surface area contributed by atoms with E-state index < -0.39 is 24.2 Å². The Hall–Kier alpha value is -7.55. The average Bonchev–Trinajstić information content (AvgIpc) is 3.40. The summed E-state index contributed by atoms with van der Waals surface area (Å²) < 4.78 is 0. The first-order valence-electron chi connectivity index (χ1n) is 26.0. The highest BCUT2D eigenvalue weighted by atomic mass is 28.3. The third kappa shape index (κ3) is 7.55. The smallest absolute Gasteiger partial charge is 0.113 e. The molecule has 0 bridgehead atoms. The Labute approximate surface area is 432 Å². The van der Waals surface area contributed by atoms with Crippen LogP contribution in [0.25, 0.3) is 75.8 Å². The van der Waals surface area contributed by atoms with Crippen molar-refractivity contribution in [1.29, 1.82) is 0 Å². The summed E-state index contributed by atoms with van der Waals surface area (Å²) in [5.74, 6) is 0. The molecule has 0 saturated carbocycles. The minimum atomic E-state index is -2.28. The molecule has 0 aromatic heterocycles. The maximum absolute atomic E-state index is 2.57. The minimum absolute atomic E-state index is 1.16. The van der Waals surface area contributed by atoms with E-state index in [1.165, 1.54) is 119 Å². The van der Waals surface area contributed by atoms with Gasteiger partial charge in [-0.3, -0.25) is 0 Å². The molecule has 12 aromatic carbocycles. The fourth-order valence-electron chi connectivity index (χ4n) is 12.0. The summed E-state index contributed by atoms with van der Waals surface area (Å²) in [7, 11) is -5.30. The lowest BCUT2D eigenvalue weighted by molar-refractivity contribution is 1.29. The van der Waals surface area contributed by atoms with Gasteiger partial charge in [-0.2, -0.15) is 0 Å². The van der Waals surface area contributed by atoms with Crippen LogP contribution in [-0.4, -0.2) is 24.2 Å². The first kappa shape index (κ1) is 45.3. The molecule has 1 aliphatic rings. The summed E-state index contributed by atoms with van der Waals surface area (Å²) in [6.45, 7) is 19.7. The van der Waals surface area contributed by atoms with E-state index >= 15 is 0 Å². The van der Waals surface area contributed by atoms with Crippen LogP contribution in [0.4, 0.5) is 34.1 Å². The van der Waals surface area contributed by atoms with E-state index in [4.69, 9.17) is 0 Å². The third-order valence-electron chi connectivity index (χ3n) is 16.1. The SMILES string of the molecule is C[Si](C)(C)c1ccc(N(c2ccc3c(c2)[Si](C)(C)c2cccc4c2c-3cc2ccc(N(c3ccc([Si](C)(C)C)cc3)c3ccc5ccc6ccccc6c5c3)cc24)c2ccc3ccc4ccccc4c3c2)cc1. The Morgan fingerprint density at radius 3 is 1.16 bits per heavy atom. The van der Waals surface area contributed by atoms with Gasteiger partial charge in [0.2, 0.25) is 0 Å². The molecule has 0 unspecified atom stereocenters. The second-order valence-corrected chi connectivity index (χ2v) is 37.5. The van der Waals surface area contributed by atoms with Crippen molar-refractivity contribution in [2.24, 2.45) is 0 Å². The molecule has 12 aromatic rings. The second kappa shape index (κ2) is 16.8. The monoisotopic (exact) mass is 988 g/mol. The standard InChI is InChI=1S/C68H60N2Si3/c1-71(2,3)56-35-30-50(31-36-56)69(52-27-24-47-22-20-45-14-9-11-16-58(45)62(47)41-52)54-29-26-49-40-65-60-39-34-55(44-67(60)73(7,8)66-19-13-18-61(68(65)66)64(49)43-54)70(51-32-37-57(38-33-51)72(4,5)6)53-28-25-48-23-21-46-15-10-12-17-59(46)63(48)42-53/h9-44H,1-8H3. The number of anilines is 6. The van der Waals surface area contributed by atoms with Crippen molar-refractivity contribution in [3.63, 3.8) is 0 Å². The highest BCUT2D eigenvalue weighted by molar-refractivity contribution is 7.03. The van der Waals surface area contributed by atoms with Gasteiger partial charge in [-0.25, -0.2) is 0 Å². The highest BCUT2D eigenvalue weighted by Gasteiger charge is 2.37. The number of benzene rings is 12. The zero-order valence-electron chi connectivity index (χ0n) is 43.2. The first-order valence-corrected chi connectivity index (χ1v) is 36.0. The molecule has 2 nitrogen and oxygen atoms in total. The number of nitrogens with zero attached hydrogens (tertiary/aromatic N) is 2. The van der Waals surface area contributed by atoms with E-state index in [1.807, 2.05) is 0 Å². The molecule has 0 radical (unpaired) electrons. The number of rotatable bonds is 8. The second-order valence-electron chi connectivity index (χ2n) is 23.1. The van der Waals surface area contributed by atoms with Gasteiger partial charge in [0, 0.05) is 34.1 Å². The first-order chi connectivity index (χ1) is 35.2. The van der Waals surface area contributed by atoms with Crippen molar-refractivity contribution in [1.82, 2.24) is 0 Å². The van der Waals surface area contributed by atoms with Crippen molar-refractivity contribution in [3.05, 3.63) is 218 Å². The van der Waals surface area contributed by atoms with Gasteiger partial charge >= 0.3 is 0 Å². The molecule has 0 N–H and O–H groups in total. The molecular formula is C68H60N2Si3. The molecule has 0 saturated heterocycles. The fourth-order valence-corrected chi connectivity index (χ4v) is 17.4. The van der Waals surface area contributed by atoms with Gasteiger partial charge in [-0.15, -0.1) is 0 Å². The predicted octanol–water partition coefficient (Wildman–Crippen LogP) is 17.4. The van der Waals surface area contributed by atoms with Crippen molar-refractivity contribution < 1.29 is 0 Å². The van der Waals surface area contributed by atoms with Crippen molar-refractivity contribution in [2.45, 2.75) is 52.4 Å². The normalized spacial score (nSPS) is 13.3. The molecular weight excluding hydrogens is 929 g/mol. The Morgan fingerprint density at radius 1 is 0.288 bits per heavy atom. The predicted molar refractivity (Wildman–Crippen MR) is 329 cm³/mol. The molecule has 1 aliphatic heterocycles. The molecule has 0 atom stereocenters. The van der Waals surface area contributed by atoms with Crippen LogP contribution in [0, 0.1) is 0 Å². The lowest BCUT2D eigenvalue weighted by Crippen LogP contribution is -2.56. The molecule has 13 rings (SSSR count).